The van der Waals surface area contributed by atoms with E-state index in [1.165, 1.54) is 16.7 Å². The molecule has 0 spiro atoms. The zero-order valence-corrected chi connectivity index (χ0v) is 21.8. The molecule has 9 nitrogen and oxygen atoms in total. The third-order valence-corrected chi connectivity index (χ3v) is 7.17. The fraction of sp³-hybridized carbons (Fsp3) is 0.500. The van der Waals surface area contributed by atoms with Gasteiger partial charge in [0.1, 0.15) is 23.8 Å². The lowest BCUT2D eigenvalue weighted by Gasteiger charge is -2.52. The minimum absolute atomic E-state index is 0.217. The lowest BCUT2D eigenvalue weighted by Crippen LogP contribution is -2.74. The summed E-state index contributed by atoms with van der Waals surface area (Å²) in [6.45, 7) is 2.92. The van der Waals surface area contributed by atoms with Crippen LogP contribution < -0.4 is 10.1 Å². The van der Waals surface area contributed by atoms with E-state index in [0.29, 0.717) is 11.3 Å². The second-order valence-electron chi connectivity index (χ2n) is 8.18. The predicted octanol–water partition coefficient (Wildman–Crippen LogP) is 2.78. The number of ether oxygens (including phenoxy) is 4. The van der Waals surface area contributed by atoms with Crippen molar-refractivity contribution in [2.45, 2.75) is 53.6 Å². The average molecular weight is 566 g/mol. The van der Waals surface area contributed by atoms with E-state index in [-0.39, 0.29) is 18.8 Å². The molecule has 190 valence electrons. The lowest BCUT2D eigenvalue weighted by atomic mass is 9.97. The highest BCUT2D eigenvalue weighted by Crippen LogP contribution is 2.43. The van der Waals surface area contributed by atoms with Crippen LogP contribution in [-0.2, 0) is 28.6 Å². The van der Waals surface area contributed by atoms with Crippen molar-refractivity contribution < 1.29 is 33.3 Å². The monoisotopic (exact) mass is 564 g/mol. The summed E-state index contributed by atoms with van der Waals surface area (Å²) in [6.07, 6.45) is -1.28. The van der Waals surface area contributed by atoms with Gasteiger partial charge in [0.05, 0.1) is 12.2 Å². The molecule has 4 unspecified atom stereocenters. The Bertz CT molecular complexity index is 997. The first-order valence-electron chi connectivity index (χ1n) is 10.7. The number of benzene rings is 1. The van der Waals surface area contributed by atoms with Gasteiger partial charge in [0.25, 0.3) is 5.91 Å². The van der Waals surface area contributed by atoms with Gasteiger partial charge in [0.15, 0.2) is 18.9 Å². The van der Waals surface area contributed by atoms with Gasteiger partial charge in [-0.15, -0.1) is 11.8 Å². The van der Waals surface area contributed by atoms with Crippen molar-refractivity contribution in [2.75, 3.05) is 13.2 Å². The van der Waals surface area contributed by atoms with Gasteiger partial charge in [-0.05, 0) is 31.4 Å². The fourth-order valence-electron chi connectivity index (χ4n) is 3.76. The summed E-state index contributed by atoms with van der Waals surface area (Å²) in [5, 5.41) is 3.82. The normalized spacial score (nSPS) is 30.1. The molecular weight excluding hydrogens is 543 g/mol. The number of nitrogens with one attached hydrogen (secondary N) is 1. The number of nitrogens with zero attached hydrogens (tertiary/aromatic N) is 1. The molecule has 0 radical (unpaired) electrons. The molecule has 3 heterocycles. The number of halogens is 3. The second kappa shape index (κ2) is 10.7. The van der Waals surface area contributed by atoms with Crippen LogP contribution in [0.25, 0.3) is 0 Å². The number of hydrogen-bond acceptors (Lipinski definition) is 8. The Hall–Kier alpha value is -1.69. The van der Waals surface area contributed by atoms with Crippen LogP contribution in [0.5, 0.6) is 5.75 Å². The van der Waals surface area contributed by atoms with Crippen LogP contribution in [0.3, 0.4) is 0 Å². The molecule has 13 heteroatoms. The van der Waals surface area contributed by atoms with E-state index >= 15 is 0 Å². The van der Waals surface area contributed by atoms with Crippen molar-refractivity contribution in [1.82, 2.24) is 10.2 Å². The molecule has 3 aliphatic heterocycles. The molecule has 2 fully saturated rings. The maximum atomic E-state index is 13.1. The number of esters is 1. The number of carbonyl (C=O) groups is 3. The zero-order valence-electron chi connectivity index (χ0n) is 18.7. The van der Waals surface area contributed by atoms with E-state index in [4.69, 9.17) is 53.8 Å². The average Bonchev–Trinajstić information content (AvgIpc) is 3.16. The number of amides is 2. The van der Waals surface area contributed by atoms with Gasteiger partial charge in [-0.1, -0.05) is 53.0 Å². The third kappa shape index (κ3) is 6.00. The molecule has 4 rings (SSSR count). The predicted molar refractivity (Wildman–Crippen MR) is 130 cm³/mol. The Morgan fingerprint density at radius 3 is 2.43 bits per heavy atom. The minimum atomic E-state index is -1.82. The first-order chi connectivity index (χ1) is 16.5. The molecule has 0 bridgehead atoms. The summed E-state index contributed by atoms with van der Waals surface area (Å²) in [7, 11) is 0. The molecule has 2 amide bonds. The van der Waals surface area contributed by atoms with E-state index < -0.39 is 51.9 Å². The van der Waals surface area contributed by atoms with E-state index in [1.807, 2.05) is 19.9 Å². The van der Waals surface area contributed by atoms with Crippen molar-refractivity contribution in [2.24, 2.45) is 0 Å². The maximum Gasteiger partial charge on any atom is 0.333 e. The minimum Gasteiger partial charge on any atom is -0.484 e. The molecule has 2 saturated heterocycles. The van der Waals surface area contributed by atoms with Crippen molar-refractivity contribution in [3.05, 3.63) is 41.3 Å². The number of β-lactam (4-membered cyclic amide) rings is 1. The smallest absolute Gasteiger partial charge is 0.333 e. The Morgan fingerprint density at radius 2 is 1.80 bits per heavy atom. The SMILES string of the molecule is CC1OC(C2=CS[C@@H]3C(NC(=O)COc4ccccc4)C(=O)N3C2C(=O)OCC(Cl)(Cl)Cl)OC1C. The number of fused-ring (bicyclic) bond motifs is 1. The molecule has 35 heavy (non-hydrogen) atoms. The highest BCUT2D eigenvalue weighted by molar-refractivity contribution is 8.03. The molecule has 1 N–H and O–H groups in total. The number of para-hydroxylation sites is 1. The van der Waals surface area contributed by atoms with E-state index in [1.54, 1.807) is 29.7 Å². The molecule has 0 aliphatic carbocycles. The number of hydrogen-bond donors (Lipinski definition) is 1. The van der Waals surface area contributed by atoms with Gasteiger partial charge < -0.3 is 29.2 Å². The molecule has 1 aromatic carbocycles. The highest BCUT2D eigenvalue weighted by Gasteiger charge is 2.58. The molecule has 1 aromatic rings. The van der Waals surface area contributed by atoms with E-state index in [0.717, 1.165) is 0 Å². The Kier molecular flexibility index (Phi) is 8.09. The van der Waals surface area contributed by atoms with Crippen LogP contribution in [0.15, 0.2) is 41.3 Å². The van der Waals surface area contributed by atoms with Crippen LogP contribution in [-0.4, -0.2) is 75.6 Å². The summed E-state index contributed by atoms with van der Waals surface area (Å²) in [4.78, 5) is 39.8. The van der Waals surface area contributed by atoms with Gasteiger partial charge in [-0.2, -0.15) is 0 Å². The van der Waals surface area contributed by atoms with Crippen molar-refractivity contribution in [3.63, 3.8) is 0 Å². The molecule has 5 atom stereocenters. The van der Waals surface area contributed by atoms with Gasteiger partial charge in [-0.25, -0.2) is 4.79 Å². The fourth-order valence-corrected chi connectivity index (χ4v) is 5.16. The van der Waals surface area contributed by atoms with Gasteiger partial charge in [-0.3, -0.25) is 9.59 Å². The number of carbonyl (C=O) groups excluding carboxylic acids is 3. The van der Waals surface area contributed by atoms with Crippen molar-refractivity contribution >= 4 is 64.3 Å². The van der Waals surface area contributed by atoms with Gasteiger partial charge >= 0.3 is 5.97 Å². The first kappa shape index (κ1) is 26.4. The van der Waals surface area contributed by atoms with Gasteiger partial charge in [0.2, 0.25) is 9.70 Å². The first-order valence-corrected chi connectivity index (χ1v) is 12.8. The summed E-state index contributed by atoms with van der Waals surface area (Å²) in [5.74, 6) is -1.20. The second-order valence-corrected chi connectivity index (χ2v) is 11.7. The highest BCUT2D eigenvalue weighted by atomic mass is 35.6. The van der Waals surface area contributed by atoms with Crippen molar-refractivity contribution in [3.8, 4) is 5.75 Å². The third-order valence-electron chi connectivity index (χ3n) is 5.66. The summed E-state index contributed by atoms with van der Waals surface area (Å²) in [6, 6.07) is 6.82. The Morgan fingerprint density at radius 1 is 1.14 bits per heavy atom. The Labute approximate surface area is 221 Å². The van der Waals surface area contributed by atoms with E-state index in [2.05, 4.69) is 5.32 Å². The van der Waals surface area contributed by atoms with Crippen LogP contribution in [0.2, 0.25) is 0 Å². The van der Waals surface area contributed by atoms with Crippen LogP contribution >= 0.6 is 46.6 Å². The summed E-state index contributed by atoms with van der Waals surface area (Å²) in [5.41, 5.74) is 0.405. The van der Waals surface area contributed by atoms with Crippen LogP contribution in [0.4, 0.5) is 0 Å². The topological polar surface area (TPSA) is 103 Å². The lowest BCUT2D eigenvalue weighted by molar-refractivity contribution is -0.165. The van der Waals surface area contributed by atoms with Gasteiger partial charge in [0, 0.05) is 5.57 Å². The largest absolute Gasteiger partial charge is 0.484 e. The number of rotatable bonds is 7. The molecule has 0 aromatic heterocycles. The molecule has 3 aliphatic rings. The zero-order chi connectivity index (χ0) is 25.3. The summed E-state index contributed by atoms with van der Waals surface area (Å²) >= 11 is 18.4. The van der Waals surface area contributed by atoms with Crippen LogP contribution in [0.1, 0.15) is 13.8 Å². The van der Waals surface area contributed by atoms with E-state index in [9.17, 15) is 14.4 Å². The standard InChI is InChI=1S/C22H23Cl3N2O7S/c1-11-12(2)34-21(33-11)14-9-35-19-16(26-15(28)8-31-13-6-4-3-5-7-13)18(29)27(19)17(14)20(30)32-10-22(23,24)25/h3-7,9,11-12,16-17,19,21H,8,10H2,1-2H3,(H,26,28)/t11?,12?,16?,17?,19-,21?/m1/s1. The number of thioether (sulfide) groups is 1. The number of alkyl halides is 3. The van der Waals surface area contributed by atoms with Crippen molar-refractivity contribution in [1.29, 1.82) is 0 Å². The maximum absolute atomic E-state index is 13.1. The molecule has 0 saturated carbocycles. The van der Waals surface area contributed by atoms with Crippen LogP contribution in [0, 0.1) is 0 Å². The molecular formula is C22H23Cl3N2O7S. The summed E-state index contributed by atoms with van der Waals surface area (Å²) < 4.78 is 20.5. The quantitative estimate of drug-likeness (QED) is 0.306. The Balaban J connectivity index is 1.46.